The van der Waals surface area contributed by atoms with E-state index < -0.39 is 0 Å². The van der Waals surface area contributed by atoms with E-state index in [-0.39, 0.29) is 11.9 Å². The van der Waals surface area contributed by atoms with Gasteiger partial charge in [0.1, 0.15) is 0 Å². The fraction of sp³-hybridized carbons (Fsp3) is 0.533. The van der Waals surface area contributed by atoms with E-state index in [4.69, 9.17) is 9.47 Å². The molecule has 0 saturated heterocycles. The SMILES string of the molecule is CCCC(=O)N(C)C(C)Cc1ccc2c(c1)OCO2. The fourth-order valence-corrected chi connectivity index (χ4v) is 2.18. The molecule has 2 rings (SSSR count). The highest BCUT2D eigenvalue weighted by molar-refractivity contribution is 5.76. The van der Waals surface area contributed by atoms with Gasteiger partial charge in [-0.2, -0.15) is 0 Å². The topological polar surface area (TPSA) is 38.8 Å². The number of benzene rings is 1. The summed E-state index contributed by atoms with van der Waals surface area (Å²) in [6, 6.07) is 6.14. The largest absolute Gasteiger partial charge is 0.454 e. The van der Waals surface area contributed by atoms with Crippen LogP contribution >= 0.6 is 0 Å². The van der Waals surface area contributed by atoms with Gasteiger partial charge in [-0.1, -0.05) is 13.0 Å². The lowest BCUT2D eigenvalue weighted by atomic mass is 10.1. The van der Waals surface area contributed by atoms with Gasteiger partial charge in [0, 0.05) is 19.5 Å². The van der Waals surface area contributed by atoms with Gasteiger partial charge in [-0.25, -0.2) is 0 Å². The van der Waals surface area contributed by atoms with E-state index in [1.807, 2.05) is 37.1 Å². The van der Waals surface area contributed by atoms with Crippen LogP contribution in [0.4, 0.5) is 0 Å². The van der Waals surface area contributed by atoms with Crippen molar-refractivity contribution < 1.29 is 14.3 Å². The van der Waals surface area contributed by atoms with Crippen molar-refractivity contribution in [1.82, 2.24) is 4.90 Å². The molecular weight excluding hydrogens is 242 g/mol. The van der Waals surface area contributed by atoms with Crippen LogP contribution in [0, 0.1) is 0 Å². The van der Waals surface area contributed by atoms with E-state index in [2.05, 4.69) is 6.92 Å². The highest BCUT2D eigenvalue weighted by Gasteiger charge is 2.18. The molecule has 1 aromatic carbocycles. The lowest BCUT2D eigenvalue weighted by Gasteiger charge is -2.25. The van der Waals surface area contributed by atoms with Crippen LogP contribution in [0.2, 0.25) is 0 Å². The molecule has 1 heterocycles. The number of hydrogen-bond acceptors (Lipinski definition) is 3. The first-order valence-corrected chi connectivity index (χ1v) is 6.76. The molecule has 1 aliphatic rings. The fourth-order valence-electron chi connectivity index (χ4n) is 2.18. The van der Waals surface area contributed by atoms with Crippen LogP contribution in [-0.4, -0.2) is 30.7 Å². The second-order valence-corrected chi connectivity index (χ2v) is 5.00. The summed E-state index contributed by atoms with van der Waals surface area (Å²) in [6.07, 6.45) is 2.32. The summed E-state index contributed by atoms with van der Waals surface area (Å²) in [4.78, 5) is 13.7. The van der Waals surface area contributed by atoms with Crippen molar-refractivity contribution in [2.45, 2.75) is 39.2 Å². The average Bonchev–Trinajstić information content (AvgIpc) is 2.85. The minimum Gasteiger partial charge on any atom is -0.454 e. The van der Waals surface area contributed by atoms with E-state index in [1.165, 1.54) is 0 Å². The smallest absolute Gasteiger partial charge is 0.231 e. The molecule has 0 saturated carbocycles. The number of carbonyl (C=O) groups is 1. The highest BCUT2D eigenvalue weighted by Crippen LogP contribution is 2.32. The molecule has 0 radical (unpaired) electrons. The van der Waals surface area contributed by atoms with Gasteiger partial charge in [0.15, 0.2) is 11.5 Å². The van der Waals surface area contributed by atoms with Gasteiger partial charge in [0.2, 0.25) is 12.7 Å². The molecule has 1 aromatic rings. The Balaban J connectivity index is 1.98. The molecule has 0 bridgehead atoms. The molecular formula is C15H21NO3. The van der Waals surface area contributed by atoms with Gasteiger partial charge in [-0.05, 0) is 37.5 Å². The number of carbonyl (C=O) groups excluding carboxylic acids is 1. The van der Waals surface area contributed by atoms with Crippen LogP contribution in [0.3, 0.4) is 0 Å². The monoisotopic (exact) mass is 263 g/mol. The van der Waals surface area contributed by atoms with Crippen molar-refractivity contribution >= 4 is 5.91 Å². The zero-order valence-electron chi connectivity index (χ0n) is 11.8. The van der Waals surface area contributed by atoms with Crippen LogP contribution in [0.1, 0.15) is 32.3 Å². The minimum absolute atomic E-state index is 0.180. The van der Waals surface area contributed by atoms with Crippen LogP contribution in [-0.2, 0) is 11.2 Å². The third-order valence-corrected chi connectivity index (χ3v) is 3.49. The van der Waals surface area contributed by atoms with E-state index in [0.29, 0.717) is 13.2 Å². The maximum atomic E-state index is 11.8. The molecule has 0 spiro atoms. The van der Waals surface area contributed by atoms with Crippen LogP contribution < -0.4 is 9.47 Å². The number of rotatable bonds is 5. The van der Waals surface area contributed by atoms with Crippen molar-refractivity contribution in [3.63, 3.8) is 0 Å². The number of likely N-dealkylation sites (N-methyl/N-ethyl adjacent to an activating group) is 1. The zero-order valence-corrected chi connectivity index (χ0v) is 11.8. The van der Waals surface area contributed by atoms with Crippen molar-refractivity contribution in [1.29, 1.82) is 0 Å². The third-order valence-electron chi connectivity index (χ3n) is 3.49. The molecule has 1 atom stereocenters. The summed E-state index contributed by atoms with van der Waals surface area (Å²) in [7, 11) is 1.87. The highest BCUT2D eigenvalue weighted by atomic mass is 16.7. The summed E-state index contributed by atoms with van der Waals surface area (Å²) >= 11 is 0. The van der Waals surface area contributed by atoms with Crippen molar-refractivity contribution in [2.24, 2.45) is 0 Å². The second kappa shape index (κ2) is 5.95. The molecule has 104 valence electrons. The van der Waals surface area contributed by atoms with Crippen LogP contribution in [0.15, 0.2) is 18.2 Å². The second-order valence-electron chi connectivity index (χ2n) is 5.00. The Hall–Kier alpha value is -1.71. The molecule has 1 aliphatic heterocycles. The number of hydrogen-bond donors (Lipinski definition) is 0. The van der Waals surface area contributed by atoms with E-state index in [9.17, 15) is 4.79 Å². The predicted molar refractivity (Wildman–Crippen MR) is 73.4 cm³/mol. The number of fused-ring (bicyclic) bond motifs is 1. The Morgan fingerprint density at radius 2 is 2.11 bits per heavy atom. The Morgan fingerprint density at radius 1 is 1.37 bits per heavy atom. The normalized spacial score (nSPS) is 14.3. The van der Waals surface area contributed by atoms with Gasteiger partial charge in [0.25, 0.3) is 0 Å². The number of ether oxygens (including phenoxy) is 2. The lowest BCUT2D eigenvalue weighted by Crippen LogP contribution is -2.36. The van der Waals surface area contributed by atoms with Gasteiger partial charge >= 0.3 is 0 Å². The molecule has 0 fully saturated rings. The Morgan fingerprint density at radius 3 is 2.84 bits per heavy atom. The predicted octanol–water partition coefficient (Wildman–Crippen LogP) is 2.60. The Bertz CT molecular complexity index is 459. The Kier molecular flexibility index (Phi) is 4.30. The quantitative estimate of drug-likeness (QED) is 0.819. The standard InChI is InChI=1S/C15H21NO3/c1-4-5-15(17)16(3)11(2)8-12-6-7-13-14(9-12)19-10-18-13/h6-7,9,11H,4-5,8,10H2,1-3H3. The van der Waals surface area contributed by atoms with Crippen molar-refractivity contribution in [3.8, 4) is 11.5 Å². The lowest BCUT2D eigenvalue weighted by molar-refractivity contribution is -0.131. The van der Waals surface area contributed by atoms with Crippen LogP contribution in [0.25, 0.3) is 0 Å². The first kappa shape index (κ1) is 13.7. The maximum Gasteiger partial charge on any atom is 0.231 e. The van der Waals surface area contributed by atoms with E-state index in [0.717, 1.165) is 29.9 Å². The summed E-state index contributed by atoms with van der Waals surface area (Å²) in [6.45, 7) is 4.38. The summed E-state index contributed by atoms with van der Waals surface area (Å²) in [5, 5.41) is 0. The molecule has 1 unspecified atom stereocenters. The van der Waals surface area contributed by atoms with Crippen LogP contribution in [0.5, 0.6) is 11.5 Å². The van der Waals surface area contributed by atoms with Gasteiger partial charge in [0.05, 0.1) is 0 Å². The average molecular weight is 263 g/mol. The number of nitrogens with zero attached hydrogens (tertiary/aromatic N) is 1. The molecule has 0 aromatic heterocycles. The van der Waals surface area contributed by atoms with Gasteiger partial charge in [-0.3, -0.25) is 4.79 Å². The summed E-state index contributed by atoms with van der Waals surface area (Å²) < 4.78 is 10.7. The summed E-state index contributed by atoms with van der Waals surface area (Å²) in [5.74, 6) is 1.80. The molecule has 0 N–H and O–H groups in total. The first-order valence-electron chi connectivity index (χ1n) is 6.76. The third kappa shape index (κ3) is 3.19. The van der Waals surface area contributed by atoms with Crippen molar-refractivity contribution in [2.75, 3.05) is 13.8 Å². The molecule has 1 amide bonds. The molecule has 4 heteroatoms. The minimum atomic E-state index is 0.180. The number of amides is 1. The molecule has 0 aliphatic carbocycles. The molecule has 4 nitrogen and oxygen atoms in total. The van der Waals surface area contributed by atoms with E-state index in [1.54, 1.807) is 0 Å². The van der Waals surface area contributed by atoms with Gasteiger partial charge < -0.3 is 14.4 Å². The van der Waals surface area contributed by atoms with Gasteiger partial charge in [-0.15, -0.1) is 0 Å². The Labute approximate surface area is 114 Å². The maximum absolute atomic E-state index is 11.8. The molecule has 19 heavy (non-hydrogen) atoms. The first-order chi connectivity index (χ1) is 9.11. The summed E-state index contributed by atoms with van der Waals surface area (Å²) in [5.41, 5.74) is 1.16. The zero-order chi connectivity index (χ0) is 13.8. The van der Waals surface area contributed by atoms with Crippen molar-refractivity contribution in [3.05, 3.63) is 23.8 Å². The van der Waals surface area contributed by atoms with E-state index >= 15 is 0 Å².